The van der Waals surface area contributed by atoms with Gasteiger partial charge in [0, 0.05) is 40.6 Å². The highest BCUT2D eigenvalue weighted by Crippen LogP contribution is 2.40. The number of carbonyl (C=O) groups excluding carboxylic acids is 1. The maximum absolute atomic E-state index is 13.4. The first kappa shape index (κ1) is 20.8. The lowest BCUT2D eigenvalue weighted by Crippen LogP contribution is -2.43. The summed E-state index contributed by atoms with van der Waals surface area (Å²) in [6, 6.07) is 7.76. The van der Waals surface area contributed by atoms with Crippen molar-refractivity contribution < 1.29 is 14.6 Å². The Labute approximate surface area is 186 Å². The van der Waals surface area contributed by atoms with Crippen molar-refractivity contribution in [3.8, 4) is 17.1 Å². The Morgan fingerprint density at radius 3 is 2.69 bits per heavy atom. The van der Waals surface area contributed by atoms with E-state index < -0.39 is 5.60 Å². The monoisotopic (exact) mass is 433 g/mol. The fraction of sp³-hybridized carbons (Fsp3) is 0.400. The number of carbonyl (C=O) groups is 1. The van der Waals surface area contributed by atoms with Crippen LogP contribution in [0.25, 0.3) is 22.3 Å². The van der Waals surface area contributed by atoms with E-state index in [1.54, 1.807) is 18.6 Å². The summed E-state index contributed by atoms with van der Waals surface area (Å²) in [5.74, 6) is 0.588. The largest absolute Gasteiger partial charge is 0.496 e. The number of nitrogens with zero attached hydrogens (tertiary/aromatic N) is 3. The minimum absolute atomic E-state index is 0.134. The molecule has 0 fully saturated rings. The third-order valence-electron chi connectivity index (χ3n) is 6.83. The number of fused-ring (bicyclic) bond motifs is 5. The summed E-state index contributed by atoms with van der Waals surface area (Å²) >= 11 is 0. The van der Waals surface area contributed by atoms with Gasteiger partial charge in [-0.2, -0.15) is 0 Å². The van der Waals surface area contributed by atoms with E-state index in [0.717, 1.165) is 33.5 Å². The highest BCUT2D eigenvalue weighted by Gasteiger charge is 2.43. The second kappa shape index (κ2) is 7.25. The Balaban J connectivity index is 1.74. The Kier molecular flexibility index (Phi) is 4.72. The van der Waals surface area contributed by atoms with Crippen molar-refractivity contribution in [3.63, 3.8) is 0 Å². The average molecular weight is 434 g/mol. The minimum Gasteiger partial charge on any atom is -0.496 e. The second-order valence-corrected chi connectivity index (χ2v) is 9.00. The number of aromatic nitrogens is 2. The molecule has 1 aliphatic heterocycles. The zero-order valence-electron chi connectivity index (χ0n) is 18.9. The predicted molar refractivity (Wildman–Crippen MR) is 122 cm³/mol. The fourth-order valence-corrected chi connectivity index (χ4v) is 5.15. The normalized spacial score (nSPS) is 19.2. The van der Waals surface area contributed by atoms with Gasteiger partial charge in [0.1, 0.15) is 11.4 Å². The van der Waals surface area contributed by atoms with Gasteiger partial charge < -0.3 is 19.3 Å². The highest BCUT2D eigenvalue weighted by molar-refractivity contribution is 5.92. The van der Waals surface area contributed by atoms with Gasteiger partial charge in [0.2, 0.25) is 0 Å². The number of ketones is 1. The summed E-state index contributed by atoms with van der Waals surface area (Å²) in [6.45, 7) is 2.90. The van der Waals surface area contributed by atoms with Gasteiger partial charge >= 0.3 is 0 Å². The molecule has 1 atom stereocenters. The van der Waals surface area contributed by atoms with Crippen molar-refractivity contribution in [2.24, 2.45) is 0 Å². The number of ether oxygens (including phenoxy) is 1. The van der Waals surface area contributed by atoms with E-state index in [2.05, 4.69) is 11.0 Å². The fourth-order valence-electron chi connectivity index (χ4n) is 5.15. The van der Waals surface area contributed by atoms with Gasteiger partial charge in [-0.25, -0.2) is 4.98 Å². The van der Waals surface area contributed by atoms with Crippen LogP contribution < -0.4 is 10.3 Å². The predicted octanol–water partition coefficient (Wildman–Crippen LogP) is 2.61. The standard InChI is InChI=1S/C25H27N3O4/c1-5-25(31)18-11-20-23-14(12-28(20)24(30)15(18)6-9-22(25)29)10-16-17(13-27(2)3)21(32-4)8-7-19(16)26-23/h7-8,10-11,31H,5-6,9,12-13H2,1-4H3/t25-/m0/s1. The van der Waals surface area contributed by atoms with E-state index in [9.17, 15) is 14.7 Å². The van der Waals surface area contributed by atoms with E-state index in [1.165, 1.54) is 0 Å². The van der Waals surface area contributed by atoms with Crippen molar-refractivity contribution in [2.45, 2.75) is 44.9 Å². The Hall–Kier alpha value is -3.03. The zero-order chi connectivity index (χ0) is 22.8. The van der Waals surface area contributed by atoms with Crippen LogP contribution in [0.2, 0.25) is 0 Å². The van der Waals surface area contributed by atoms with Gasteiger partial charge in [-0.05, 0) is 51.2 Å². The molecule has 2 aliphatic rings. The summed E-state index contributed by atoms with van der Waals surface area (Å²) in [6.07, 6.45) is 0.799. The molecular weight excluding hydrogens is 406 g/mol. The molecule has 3 aromatic rings. The first-order valence-corrected chi connectivity index (χ1v) is 11.0. The Morgan fingerprint density at radius 1 is 1.22 bits per heavy atom. The summed E-state index contributed by atoms with van der Waals surface area (Å²) in [5, 5.41) is 12.1. The first-order chi connectivity index (χ1) is 15.3. The van der Waals surface area contributed by atoms with Gasteiger partial charge in [-0.15, -0.1) is 0 Å². The molecule has 3 heterocycles. The second-order valence-electron chi connectivity index (χ2n) is 9.00. The molecule has 166 valence electrons. The molecule has 5 rings (SSSR count). The lowest BCUT2D eigenvalue weighted by Gasteiger charge is -2.32. The van der Waals surface area contributed by atoms with E-state index in [-0.39, 0.29) is 24.2 Å². The maximum atomic E-state index is 13.4. The van der Waals surface area contributed by atoms with E-state index >= 15 is 0 Å². The summed E-state index contributed by atoms with van der Waals surface area (Å²) in [7, 11) is 5.68. The molecule has 32 heavy (non-hydrogen) atoms. The summed E-state index contributed by atoms with van der Waals surface area (Å²) < 4.78 is 7.32. The molecular formula is C25H27N3O4. The summed E-state index contributed by atoms with van der Waals surface area (Å²) in [4.78, 5) is 32.9. The highest BCUT2D eigenvalue weighted by atomic mass is 16.5. The topological polar surface area (TPSA) is 84.7 Å². The van der Waals surface area contributed by atoms with E-state index in [1.807, 2.05) is 32.3 Å². The van der Waals surface area contributed by atoms with Crippen LogP contribution >= 0.6 is 0 Å². The molecule has 0 saturated heterocycles. The molecule has 0 bridgehead atoms. The maximum Gasteiger partial charge on any atom is 0.254 e. The van der Waals surface area contributed by atoms with Crippen molar-refractivity contribution in [2.75, 3.05) is 21.2 Å². The van der Waals surface area contributed by atoms with E-state index in [0.29, 0.717) is 36.3 Å². The van der Waals surface area contributed by atoms with Crippen LogP contribution in [0, 0.1) is 0 Å². The number of rotatable bonds is 4. The molecule has 1 N–H and O–H groups in total. The van der Waals surface area contributed by atoms with Crippen LogP contribution in [-0.2, 0) is 29.9 Å². The van der Waals surface area contributed by atoms with Crippen molar-refractivity contribution in [1.82, 2.24) is 14.5 Å². The smallest absolute Gasteiger partial charge is 0.254 e. The lowest BCUT2D eigenvalue weighted by molar-refractivity contribution is -0.140. The van der Waals surface area contributed by atoms with Crippen LogP contribution in [-0.4, -0.2) is 46.5 Å². The third kappa shape index (κ3) is 2.84. The average Bonchev–Trinajstić information content (AvgIpc) is 3.13. The molecule has 0 amide bonds. The SMILES string of the molecule is CC[C@@]1(O)C(=O)CCc2c1cc1n(c2=O)Cc2cc3c(CN(C)C)c(OC)ccc3nc2-1. The van der Waals surface area contributed by atoms with Crippen molar-refractivity contribution in [1.29, 1.82) is 0 Å². The number of Topliss-reactive ketones (excluding diaryl/α,β-unsaturated/α-hetero) is 1. The van der Waals surface area contributed by atoms with Gasteiger partial charge in [-0.1, -0.05) is 6.92 Å². The quantitative estimate of drug-likeness (QED) is 0.533. The molecule has 0 radical (unpaired) electrons. The van der Waals surface area contributed by atoms with Gasteiger partial charge in [0.15, 0.2) is 5.78 Å². The molecule has 1 aliphatic carbocycles. The van der Waals surface area contributed by atoms with Crippen LogP contribution in [0.5, 0.6) is 5.75 Å². The number of pyridine rings is 2. The van der Waals surface area contributed by atoms with Crippen molar-refractivity contribution >= 4 is 16.7 Å². The van der Waals surface area contributed by atoms with Crippen LogP contribution in [0.4, 0.5) is 0 Å². The molecule has 1 aromatic carbocycles. The molecule has 0 saturated carbocycles. The molecule has 2 aromatic heterocycles. The molecule has 0 unspecified atom stereocenters. The number of hydrogen-bond acceptors (Lipinski definition) is 6. The van der Waals surface area contributed by atoms with E-state index in [4.69, 9.17) is 9.72 Å². The lowest BCUT2D eigenvalue weighted by atomic mass is 9.77. The molecule has 0 spiro atoms. The molecule has 7 nitrogen and oxygen atoms in total. The summed E-state index contributed by atoms with van der Waals surface area (Å²) in [5.41, 5.74) is 3.48. The third-order valence-corrected chi connectivity index (χ3v) is 6.83. The first-order valence-electron chi connectivity index (χ1n) is 11.0. The number of hydrogen-bond donors (Lipinski definition) is 1. The number of aliphatic hydroxyl groups is 1. The Bertz CT molecular complexity index is 1340. The molecule has 7 heteroatoms. The van der Waals surface area contributed by atoms with Crippen molar-refractivity contribution in [3.05, 3.63) is 56.9 Å². The number of methoxy groups -OCH3 is 1. The minimum atomic E-state index is -1.60. The van der Waals surface area contributed by atoms with Gasteiger partial charge in [-0.3, -0.25) is 9.59 Å². The number of benzene rings is 1. The van der Waals surface area contributed by atoms with Crippen LogP contribution in [0.3, 0.4) is 0 Å². The van der Waals surface area contributed by atoms with Gasteiger partial charge in [0.05, 0.1) is 30.6 Å². The van der Waals surface area contributed by atoms with Gasteiger partial charge in [0.25, 0.3) is 5.56 Å². The zero-order valence-corrected chi connectivity index (χ0v) is 18.9. The Morgan fingerprint density at radius 2 is 2.00 bits per heavy atom. The van der Waals surface area contributed by atoms with Crippen LogP contribution in [0.15, 0.2) is 29.1 Å². The van der Waals surface area contributed by atoms with Crippen LogP contribution in [0.1, 0.15) is 42.0 Å².